The van der Waals surface area contributed by atoms with Gasteiger partial charge in [0.05, 0.1) is 5.92 Å². The van der Waals surface area contributed by atoms with Gasteiger partial charge in [-0.1, -0.05) is 13.8 Å². The molecule has 6 heteroatoms. The zero-order chi connectivity index (χ0) is 18.8. The first-order valence-corrected chi connectivity index (χ1v) is 9.41. The summed E-state index contributed by atoms with van der Waals surface area (Å²) in [6, 6.07) is 0. The highest BCUT2D eigenvalue weighted by molar-refractivity contribution is 5.86. The number of ether oxygens (including phenoxy) is 1. The van der Waals surface area contributed by atoms with Crippen molar-refractivity contribution in [3.8, 4) is 0 Å². The second-order valence-electron chi connectivity index (χ2n) is 8.68. The summed E-state index contributed by atoms with van der Waals surface area (Å²) in [6.07, 6.45) is 2.86. The van der Waals surface area contributed by atoms with Gasteiger partial charge < -0.3 is 19.6 Å². The fraction of sp³-hybridized carbons (Fsp3) is 0.895. The monoisotopic (exact) mass is 354 g/mol. The van der Waals surface area contributed by atoms with Crippen LogP contribution in [0.5, 0.6) is 0 Å². The average Bonchev–Trinajstić information content (AvgIpc) is 2.93. The van der Waals surface area contributed by atoms with E-state index >= 15 is 0 Å². The number of methoxy groups -OCH3 is 1. The summed E-state index contributed by atoms with van der Waals surface area (Å²) >= 11 is 0. The van der Waals surface area contributed by atoms with Gasteiger partial charge in [0.1, 0.15) is 5.60 Å². The number of hydrogen-bond acceptors (Lipinski definition) is 4. The molecule has 0 saturated carbocycles. The lowest BCUT2D eigenvalue weighted by molar-refractivity contribution is -0.150. The molecule has 0 bridgehead atoms. The maximum Gasteiger partial charge on any atom is 0.308 e. The van der Waals surface area contributed by atoms with E-state index in [0.29, 0.717) is 19.0 Å². The van der Waals surface area contributed by atoms with Crippen LogP contribution in [0.2, 0.25) is 0 Å². The molecule has 2 fully saturated rings. The van der Waals surface area contributed by atoms with Gasteiger partial charge in [0.25, 0.3) is 5.91 Å². The molecule has 0 radical (unpaired) electrons. The summed E-state index contributed by atoms with van der Waals surface area (Å²) in [5.74, 6) is -0.684. The van der Waals surface area contributed by atoms with Gasteiger partial charge in [-0.25, -0.2) is 0 Å². The van der Waals surface area contributed by atoms with Crippen LogP contribution in [0.25, 0.3) is 0 Å². The lowest BCUT2D eigenvalue weighted by Crippen LogP contribution is -2.48. The summed E-state index contributed by atoms with van der Waals surface area (Å²) in [5, 5.41) is 9.75. The summed E-state index contributed by atoms with van der Waals surface area (Å²) in [7, 11) is 1.52. The third-order valence-corrected chi connectivity index (χ3v) is 6.13. The molecular formula is C19H34N2O4. The number of carboxylic acid groups (broad SMARTS) is 1. The molecule has 2 heterocycles. The highest BCUT2D eigenvalue weighted by Gasteiger charge is 2.53. The number of hydrogen-bond donors (Lipinski definition) is 1. The van der Waals surface area contributed by atoms with Crippen LogP contribution in [0.4, 0.5) is 0 Å². The number of carbonyl (C=O) groups excluding carboxylic acids is 1. The quantitative estimate of drug-likeness (QED) is 0.791. The number of nitrogens with zero attached hydrogens (tertiary/aromatic N) is 2. The first kappa shape index (κ1) is 20.2. The van der Waals surface area contributed by atoms with Crippen LogP contribution in [-0.4, -0.2) is 72.2 Å². The smallest absolute Gasteiger partial charge is 0.308 e. The highest BCUT2D eigenvalue weighted by Crippen LogP contribution is 2.45. The molecule has 0 aromatic rings. The molecule has 0 aromatic carbocycles. The van der Waals surface area contributed by atoms with Crippen LogP contribution >= 0.6 is 0 Å². The summed E-state index contributed by atoms with van der Waals surface area (Å²) in [5.41, 5.74) is -1.20. The molecule has 25 heavy (non-hydrogen) atoms. The lowest BCUT2D eigenvalue weighted by Gasteiger charge is -2.41. The Morgan fingerprint density at radius 2 is 1.88 bits per heavy atom. The predicted octanol–water partition coefficient (Wildman–Crippen LogP) is 2.08. The van der Waals surface area contributed by atoms with Gasteiger partial charge >= 0.3 is 5.97 Å². The standard InChI is InChI=1S/C19H34N2O4/c1-14(2)6-9-20-10-7-19(8-11-20)13-21(12-15(19)16(22)23)17(24)18(3,4)25-5/h14-15H,6-13H2,1-5H3,(H,22,23). The van der Waals surface area contributed by atoms with E-state index in [1.807, 2.05) is 0 Å². The molecule has 1 spiro atoms. The minimum atomic E-state index is -0.910. The molecule has 2 aliphatic rings. The predicted molar refractivity (Wildman–Crippen MR) is 96.4 cm³/mol. The number of aliphatic carboxylic acids is 1. The molecule has 2 saturated heterocycles. The molecule has 1 N–H and O–H groups in total. The number of amides is 1. The second kappa shape index (κ2) is 7.62. The number of rotatable bonds is 6. The van der Waals surface area contributed by atoms with Crippen LogP contribution in [0.3, 0.4) is 0 Å². The molecule has 0 aromatic heterocycles. The molecule has 1 unspecified atom stereocenters. The number of likely N-dealkylation sites (tertiary alicyclic amines) is 2. The third-order valence-electron chi connectivity index (χ3n) is 6.13. The Hall–Kier alpha value is -1.14. The second-order valence-corrected chi connectivity index (χ2v) is 8.68. The van der Waals surface area contributed by atoms with Gasteiger partial charge in [0.2, 0.25) is 0 Å². The van der Waals surface area contributed by atoms with Gasteiger partial charge in [-0.2, -0.15) is 0 Å². The fourth-order valence-corrected chi connectivity index (χ4v) is 4.10. The van der Waals surface area contributed by atoms with Crippen LogP contribution in [-0.2, 0) is 14.3 Å². The Kier molecular flexibility index (Phi) is 6.15. The van der Waals surface area contributed by atoms with E-state index in [0.717, 1.165) is 32.5 Å². The highest BCUT2D eigenvalue weighted by atomic mass is 16.5. The fourth-order valence-electron chi connectivity index (χ4n) is 4.10. The van der Waals surface area contributed by atoms with Crippen molar-refractivity contribution in [2.75, 3.05) is 39.8 Å². The normalized spacial score (nSPS) is 24.2. The summed E-state index contributed by atoms with van der Waals surface area (Å²) in [4.78, 5) is 28.8. The first-order chi connectivity index (χ1) is 11.6. The maximum absolute atomic E-state index is 12.7. The average molecular weight is 354 g/mol. The van der Waals surface area contributed by atoms with Crippen LogP contribution < -0.4 is 0 Å². The van der Waals surface area contributed by atoms with Crippen molar-refractivity contribution < 1.29 is 19.4 Å². The first-order valence-electron chi connectivity index (χ1n) is 9.41. The zero-order valence-electron chi connectivity index (χ0n) is 16.4. The molecule has 0 aliphatic carbocycles. The Labute approximate surface area is 151 Å². The Bertz CT molecular complexity index is 496. The minimum absolute atomic E-state index is 0.111. The number of carbonyl (C=O) groups is 2. The summed E-state index contributed by atoms with van der Waals surface area (Å²) < 4.78 is 5.31. The van der Waals surface area contributed by atoms with Gasteiger partial charge in [0.15, 0.2) is 0 Å². The topological polar surface area (TPSA) is 70.1 Å². The molecule has 144 valence electrons. The van der Waals surface area contributed by atoms with Gasteiger partial charge in [-0.3, -0.25) is 9.59 Å². The van der Waals surface area contributed by atoms with Crippen molar-refractivity contribution in [1.82, 2.24) is 9.80 Å². The molecule has 6 nitrogen and oxygen atoms in total. The van der Waals surface area contributed by atoms with E-state index in [9.17, 15) is 14.7 Å². The van der Waals surface area contributed by atoms with Crippen LogP contribution in [0.15, 0.2) is 0 Å². The largest absolute Gasteiger partial charge is 0.481 e. The van der Waals surface area contributed by atoms with Crippen LogP contribution in [0.1, 0.15) is 47.0 Å². The Morgan fingerprint density at radius 3 is 2.36 bits per heavy atom. The molecule has 1 amide bonds. The van der Waals surface area contributed by atoms with Crippen molar-refractivity contribution in [2.45, 2.75) is 52.6 Å². The van der Waals surface area contributed by atoms with Crippen molar-refractivity contribution in [1.29, 1.82) is 0 Å². The Balaban J connectivity index is 2.06. The molecular weight excluding hydrogens is 320 g/mol. The third kappa shape index (κ3) is 4.34. The SMILES string of the molecule is COC(C)(C)C(=O)N1CC(C(=O)O)C2(CCN(CCC(C)C)CC2)C1. The van der Waals surface area contributed by atoms with Gasteiger partial charge in [-0.15, -0.1) is 0 Å². The molecule has 1 atom stereocenters. The van der Waals surface area contributed by atoms with Crippen molar-refractivity contribution in [2.24, 2.45) is 17.3 Å². The van der Waals surface area contributed by atoms with E-state index < -0.39 is 17.5 Å². The molecule has 2 aliphatic heterocycles. The van der Waals surface area contributed by atoms with E-state index in [1.165, 1.54) is 13.5 Å². The van der Waals surface area contributed by atoms with E-state index in [1.54, 1.807) is 18.7 Å². The molecule has 2 rings (SSSR count). The lowest BCUT2D eigenvalue weighted by atomic mass is 9.71. The van der Waals surface area contributed by atoms with E-state index in [2.05, 4.69) is 18.7 Å². The van der Waals surface area contributed by atoms with Crippen molar-refractivity contribution in [3.63, 3.8) is 0 Å². The number of piperidine rings is 1. The van der Waals surface area contributed by atoms with Crippen LogP contribution in [0, 0.1) is 17.3 Å². The minimum Gasteiger partial charge on any atom is -0.481 e. The Morgan fingerprint density at radius 1 is 1.28 bits per heavy atom. The number of carboxylic acids is 1. The van der Waals surface area contributed by atoms with Crippen molar-refractivity contribution >= 4 is 11.9 Å². The van der Waals surface area contributed by atoms with Gasteiger partial charge in [0, 0.05) is 25.6 Å². The van der Waals surface area contributed by atoms with Gasteiger partial charge in [-0.05, 0) is 58.7 Å². The van der Waals surface area contributed by atoms with E-state index in [4.69, 9.17) is 4.74 Å². The summed E-state index contributed by atoms with van der Waals surface area (Å²) in [6.45, 7) is 11.7. The van der Waals surface area contributed by atoms with Crippen molar-refractivity contribution in [3.05, 3.63) is 0 Å². The maximum atomic E-state index is 12.7. The zero-order valence-corrected chi connectivity index (χ0v) is 16.4. The van der Waals surface area contributed by atoms with E-state index in [-0.39, 0.29) is 11.3 Å².